The van der Waals surface area contributed by atoms with E-state index in [0.29, 0.717) is 10.8 Å². The summed E-state index contributed by atoms with van der Waals surface area (Å²) >= 11 is 6.13. The lowest BCUT2D eigenvalue weighted by atomic mass is 10.2. The summed E-state index contributed by atoms with van der Waals surface area (Å²) in [4.78, 5) is 0. The zero-order valence-electron chi connectivity index (χ0n) is 11.6. The Hall–Kier alpha value is -1.65. The van der Waals surface area contributed by atoms with Crippen molar-refractivity contribution in [2.75, 3.05) is 6.54 Å². The van der Waals surface area contributed by atoms with Crippen molar-refractivity contribution in [3.63, 3.8) is 0 Å². The number of hydrogen-bond acceptors (Lipinski definition) is 2. The molecule has 0 aliphatic carbocycles. The van der Waals surface area contributed by atoms with Crippen LogP contribution in [-0.2, 0) is 13.2 Å². The molecular weight excluding hydrogens is 296 g/mol. The van der Waals surface area contributed by atoms with Crippen LogP contribution >= 0.6 is 11.6 Å². The maximum absolute atomic E-state index is 13.5. The summed E-state index contributed by atoms with van der Waals surface area (Å²) in [5.41, 5.74) is 1.19. The molecule has 2 aromatic carbocycles. The van der Waals surface area contributed by atoms with Gasteiger partial charge in [0, 0.05) is 12.1 Å². The van der Waals surface area contributed by atoms with E-state index in [0.717, 1.165) is 24.7 Å². The molecule has 0 unspecified atom stereocenters. The molecule has 0 atom stereocenters. The van der Waals surface area contributed by atoms with Crippen molar-refractivity contribution < 1.29 is 13.5 Å². The minimum atomic E-state index is -0.891. The zero-order valence-corrected chi connectivity index (χ0v) is 12.4. The van der Waals surface area contributed by atoms with Crippen LogP contribution in [0.4, 0.5) is 8.78 Å². The lowest BCUT2D eigenvalue weighted by Crippen LogP contribution is -2.11. The molecule has 21 heavy (non-hydrogen) atoms. The molecule has 0 aliphatic rings. The Morgan fingerprint density at radius 1 is 1.19 bits per heavy atom. The summed E-state index contributed by atoms with van der Waals surface area (Å²) < 4.78 is 32.1. The maximum atomic E-state index is 13.5. The highest BCUT2D eigenvalue weighted by Gasteiger charge is 2.09. The number of ether oxygens (including phenoxy) is 1. The number of benzene rings is 2. The Kier molecular flexibility index (Phi) is 5.53. The third kappa shape index (κ3) is 4.16. The quantitative estimate of drug-likeness (QED) is 0.858. The molecule has 0 aromatic heterocycles. The molecule has 0 saturated heterocycles. The van der Waals surface area contributed by atoms with E-state index >= 15 is 0 Å². The molecule has 112 valence electrons. The molecule has 0 bridgehead atoms. The highest BCUT2D eigenvalue weighted by molar-refractivity contribution is 6.32. The molecular formula is C16H16ClF2NO. The molecule has 0 heterocycles. The third-order valence-electron chi connectivity index (χ3n) is 2.99. The summed E-state index contributed by atoms with van der Waals surface area (Å²) in [5, 5.41) is 3.64. The molecule has 0 saturated carbocycles. The van der Waals surface area contributed by atoms with E-state index in [1.165, 1.54) is 12.1 Å². The van der Waals surface area contributed by atoms with E-state index in [1.807, 2.05) is 13.0 Å². The number of nitrogens with one attached hydrogen (secondary N) is 1. The standard InChI is InChI=1S/C16H16ClF2NO/c1-2-20-9-11-6-7-15(13(17)8-11)21-10-12-4-3-5-14(18)16(12)19/h3-8,20H,2,9-10H2,1H3. The van der Waals surface area contributed by atoms with E-state index < -0.39 is 11.6 Å². The van der Waals surface area contributed by atoms with E-state index in [9.17, 15) is 8.78 Å². The lowest BCUT2D eigenvalue weighted by Gasteiger charge is -2.10. The van der Waals surface area contributed by atoms with Crippen LogP contribution in [0.15, 0.2) is 36.4 Å². The second-order valence-corrected chi connectivity index (χ2v) is 4.95. The Morgan fingerprint density at radius 3 is 2.71 bits per heavy atom. The number of rotatable bonds is 6. The van der Waals surface area contributed by atoms with Gasteiger partial charge in [0.1, 0.15) is 12.4 Å². The van der Waals surface area contributed by atoms with Crippen LogP contribution in [0.3, 0.4) is 0 Å². The van der Waals surface area contributed by atoms with Gasteiger partial charge >= 0.3 is 0 Å². The lowest BCUT2D eigenvalue weighted by molar-refractivity contribution is 0.297. The highest BCUT2D eigenvalue weighted by atomic mass is 35.5. The smallest absolute Gasteiger partial charge is 0.165 e. The first-order chi connectivity index (χ1) is 10.1. The highest BCUT2D eigenvalue weighted by Crippen LogP contribution is 2.26. The van der Waals surface area contributed by atoms with Gasteiger partial charge in [0.25, 0.3) is 0 Å². The van der Waals surface area contributed by atoms with Crippen molar-refractivity contribution in [2.24, 2.45) is 0 Å². The Balaban J connectivity index is 2.04. The Labute approximate surface area is 127 Å². The molecule has 5 heteroatoms. The van der Waals surface area contributed by atoms with E-state index in [4.69, 9.17) is 16.3 Å². The van der Waals surface area contributed by atoms with Gasteiger partial charge in [-0.1, -0.05) is 36.7 Å². The van der Waals surface area contributed by atoms with Gasteiger partial charge in [0.05, 0.1) is 5.02 Å². The van der Waals surface area contributed by atoms with E-state index in [1.54, 1.807) is 12.1 Å². The average molecular weight is 312 g/mol. The fourth-order valence-corrected chi connectivity index (χ4v) is 2.11. The number of halogens is 3. The average Bonchev–Trinajstić information content (AvgIpc) is 2.48. The first kappa shape index (κ1) is 15.7. The second kappa shape index (κ2) is 7.38. The molecule has 0 amide bonds. The topological polar surface area (TPSA) is 21.3 Å². The summed E-state index contributed by atoms with van der Waals surface area (Å²) in [6.45, 7) is 3.53. The first-order valence-electron chi connectivity index (χ1n) is 6.66. The molecule has 0 spiro atoms. The monoisotopic (exact) mass is 311 g/mol. The fraction of sp³-hybridized carbons (Fsp3) is 0.250. The summed E-state index contributed by atoms with van der Waals surface area (Å²) in [5.74, 6) is -1.33. The van der Waals surface area contributed by atoms with Crippen molar-refractivity contribution >= 4 is 11.6 Å². The van der Waals surface area contributed by atoms with Gasteiger partial charge in [-0.3, -0.25) is 0 Å². The van der Waals surface area contributed by atoms with Gasteiger partial charge < -0.3 is 10.1 Å². The predicted molar refractivity (Wildman–Crippen MR) is 79.5 cm³/mol. The van der Waals surface area contributed by atoms with Crippen LogP contribution in [0.1, 0.15) is 18.1 Å². The van der Waals surface area contributed by atoms with Gasteiger partial charge in [-0.05, 0) is 30.3 Å². The second-order valence-electron chi connectivity index (χ2n) is 4.55. The van der Waals surface area contributed by atoms with Crippen LogP contribution in [0.25, 0.3) is 0 Å². The molecule has 2 nitrogen and oxygen atoms in total. The third-order valence-corrected chi connectivity index (χ3v) is 3.29. The molecule has 1 N–H and O–H groups in total. The molecule has 0 radical (unpaired) electrons. The Bertz CT molecular complexity index is 619. The van der Waals surface area contributed by atoms with Crippen molar-refractivity contribution in [3.8, 4) is 5.75 Å². The van der Waals surface area contributed by atoms with E-state index in [2.05, 4.69) is 5.32 Å². The number of hydrogen-bond donors (Lipinski definition) is 1. The summed E-state index contributed by atoms with van der Waals surface area (Å²) in [6.07, 6.45) is 0. The van der Waals surface area contributed by atoms with E-state index in [-0.39, 0.29) is 12.2 Å². The van der Waals surface area contributed by atoms with Crippen LogP contribution < -0.4 is 10.1 Å². The van der Waals surface area contributed by atoms with Gasteiger partial charge in [-0.15, -0.1) is 0 Å². The van der Waals surface area contributed by atoms with Gasteiger partial charge in [0.15, 0.2) is 11.6 Å². The van der Waals surface area contributed by atoms with Gasteiger partial charge in [0.2, 0.25) is 0 Å². The van der Waals surface area contributed by atoms with Crippen molar-refractivity contribution in [2.45, 2.75) is 20.1 Å². The van der Waals surface area contributed by atoms with Crippen molar-refractivity contribution in [3.05, 3.63) is 64.2 Å². The van der Waals surface area contributed by atoms with Gasteiger partial charge in [-0.25, -0.2) is 8.78 Å². The first-order valence-corrected chi connectivity index (χ1v) is 7.04. The van der Waals surface area contributed by atoms with Crippen LogP contribution in [-0.4, -0.2) is 6.54 Å². The zero-order chi connectivity index (χ0) is 15.2. The normalized spacial score (nSPS) is 10.7. The summed E-state index contributed by atoms with van der Waals surface area (Å²) in [7, 11) is 0. The molecule has 0 fully saturated rings. The van der Waals surface area contributed by atoms with Crippen molar-refractivity contribution in [1.29, 1.82) is 0 Å². The SMILES string of the molecule is CCNCc1ccc(OCc2cccc(F)c2F)c(Cl)c1. The molecule has 0 aliphatic heterocycles. The summed E-state index contributed by atoms with van der Waals surface area (Å²) in [6, 6.07) is 9.39. The molecule has 2 rings (SSSR count). The molecule has 2 aromatic rings. The minimum Gasteiger partial charge on any atom is -0.487 e. The van der Waals surface area contributed by atoms with Crippen LogP contribution in [0.2, 0.25) is 5.02 Å². The minimum absolute atomic E-state index is 0.0735. The van der Waals surface area contributed by atoms with Gasteiger partial charge in [-0.2, -0.15) is 0 Å². The maximum Gasteiger partial charge on any atom is 0.165 e. The van der Waals surface area contributed by atoms with Crippen LogP contribution in [0.5, 0.6) is 5.75 Å². The fourth-order valence-electron chi connectivity index (χ4n) is 1.86. The van der Waals surface area contributed by atoms with Crippen molar-refractivity contribution in [1.82, 2.24) is 5.32 Å². The predicted octanol–water partition coefficient (Wildman–Crippen LogP) is 4.31. The Morgan fingerprint density at radius 2 is 2.00 bits per heavy atom. The van der Waals surface area contributed by atoms with Crippen LogP contribution in [0, 0.1) is 11.6 Å². The largest absolute Gasteiger partial charge is 0.487 e.